The third-order valence-corrected chi connectivity index (χ3v) is 4.53. The van der Waals surface area contributed by atoms with E-state index < -0.39 is 0 Å². The van der Waals surface area contributed by atoms with E-state index in [4.69, 9.17) is 5.73 Å². The van der Waals surface area contributed by atoms with E-state index in [0.29, 0.717) is 11.9 Å². The number of nitrogens with one attached hydrogen (secondary N) is 1. The number of likely N-dealkylation sites (tertiary alicyclic amines) is 1. The van der Waals surface area contributed by atoms with Crippen LogP contribution in [0.15, 0.2) is 23.2 Å². The Labute approximate surface area is 164 Å². The molecule has 3 N–H and O–H groups in total. The van der Waals surface area contributed by atoms with Crippen LogP contribution in [0.5, 0.6) is 0 Å². The van der Waals surface area contributed by atoms with Crippen LogP contribution in [0.3, 0.4) is 0 Å². The highest BCUT2D eigenvalue weighted by atomic mass is 127. The number of aliphatic imine (C=N–C) groups is 1. The lowest BCUT2D eigenvalue weighted by atomic mass is 9.97. The number of guanidine groups is 1. The first-order valence-electron chi connectivity index (χ1n) is 8.80. The molecule has 1 heterocycles. The summed E-state index contributed by atoms with van der Waals surface area (Å²) in [6, 6.07) is 6.27. The van der Waals surface area contributed by atoms with Gasteiger partial charge in [-0.15, -0.1) is 24.0 Å². The van der Waals surface area contributed by atoms with Crippen molar-refractivity contribution in [1.29, 1.82) is 0 Å². The van der Waals surface area contributed by atoms with E-state index in [1.54, 1.807) is 0 Å². The smallest absolute Gasteiger partial charge is 0.193 e. The second-order valence-corrected chi connectivity index (χ2v) is 7.31. The van der Waals surface area contributed by atoms with Gasteiger partial charge in [-0.2, -0.15) is 0 Å². The highest BCUT2D eigenvalue weighted by molar-refractivity contribution is 14.0. The Hall–Kier alpha value is -0.820. The van der Waals surface area contributed by atoms with Gasteiger partial charge in [-0.3, -0.25) is 4.99 Å². The third kappa shape index (κ3) is 6.97. The van der Waals surface area contributed by atoms with Gasteiger partial charge in [0.25, 0.3) is 0 Å². The molecule has 4 nitrogen and oxygen atoms in total. The first-order chi connectivity index (χ1) is 10.9. The van der Waals surface area contributed by atoms with E-state index in [2.05, 4.69) is 61.1 Å². The Morgan fingerprint density at radius 3 is 2.75 bits per heavy atom. The Morgan fingerprint density at radius 2 is 2.08 bits per heavy atom. The molecule has 0 amide bonds. The molecule has 1 atom stereocenters. The molecule has 1 saturated heterocycles. The first kappa shape index (κ1) is 21.2. The molecule has 1 aliphatic heterocycles. The van der Waals surface area contributed by atoms with Crippen LogP contribution in [0.25, 0.3) is 0 Å². The topological polar surface area (TPSA) is 53.6 Å². The predicted molar refractivity (Wildman–Crippen MR) is 115 cm³/mol. The third-order valence-electron chi connectivity index (χ3n) is 4.53. The van der Waals surface area contributed by atoms with Gasteiger partial charge in [0.15, 0.2) is 5.96 Å². The van der Waals surface area contributed by atoms with Crippen molar-refractivity contribution in [3.63, 3.8) is 0 Å². The molecule has 0 saturated carbocycles. The standard InChI is InChI=1S/C19H32N4.HI/c1-14(2)12-23-9-5-6-17(13-23)11-21-19(20)22-18-8-7-15(3)16(4)10-18;/h7-8,10,14,17H,5-6,9,11-13H2,1-4H3,(H3,20,21,22);1H. The molecule has 0 spiro atoms. The van der Waals surface area contributed by atoms with Crippen LogP contribution in [-0.2, 0) is 0 Å². The molecule has 1 unspecified atom stereocenters. The number of rotatable bonds is 5. The molecule has 24 heavy (non-hydrogen) atoms. The number of aryl methyl sites for hydroxylation is 2. The van der Waals surface area contributed by atoms with Gasteiger partial charge in [0.2, 0.25) is 0 Å². The molecule has 1 aromatic carbocycles. The van der Waals surface area contributed by atoms with Crippen molar-refractivity contribution in [2.45, 2.75) is 40.5 Å². The monoisotopic (exact) mass is 444 g/mol. The van der Waals surface area contributed by atoms with Gasteiger partial charge in [-0.25, -0.2) is 0 Å². The number of benzene rings is 1. The minimum Gasteiger partial charge on any atom is -0.370 e. The number of anilines is 1. The molecular formula is C19H33IN4. The summed E-state index contributed by atoms with van der Waals surface area (Å²) < 4.78 is 0. The number of nitrogens with zero attached hydrogens (tertiary/aromatic N) is 2. The average Bonchev–Trinajstić information content (AvgIpc) is 2.49. The van der Waals surface area contributed by atoms with Gasteiger partial charge in [0.1, 0.15) is 0 Å². The van der Waals surface area contributed by atoms with Crippen LogP contribution in [0.4, 0.5) is 5.69 Å². The Balaban J connectivity index is 0.00000288. The van der Waals surface area contributed by atoms with Gasteiger partial charge >= 0.3 is 0 Å². The molecule has 2 rings (SSSR count). The Morgan fingerprint density at radius 1 is 1.33 bits per heavy atom. The van der Waals surface area contributed by atoms with Gasteiger partial charge < -0.3 is 16.0 Å². The Kier molecular flexibility index (Phi) is 9.05. The van der Waals surface area contributed by atoms with E-state index in [1.807, 2.05) is 0 Å². The van der Waals surface area contributed by atoms with Crippen molar-refractivity contribution >= 4 is 35.6 Å². The van der Waals surface area contributed by atoms with E-state index in [0.717, 1.165) is 24.7 Å². The van der Waals surface area contributed by atoms with Crippen molar-refractivity contribution in [2.75, 3.05) is 31.5 Å². The lowest BCUT2D eigenvalue weighted by molar-refractivity contribution is 0.162. The van der Waals surface area contributed by atoms with E-state index in [-0.39, 0.29) is 24.0 Å². The van der Waals surface area contributed by atoms with Crippen LogP contribution in [-0.4, -0.2) is 37.0 Å². The van der Waals surface area contributed by atoms with Crippen molar-refractivity contribution in [3.8, 4) is 0 Å². The molecule has 136 valence electrons. The highest BCUT2D eigenvalue weighted by Crippen LogP contribution is 2.18. The van der Waals surface area contributed by atoms with Crippen LogP contribution in [0, 0.1) is 25.7 Å². The van der Waals surface area contributed by atoms with Crippen molar-refractivity contribution in [3.05, 3.63) is 29.3 Å². The van der Waals surface area contributed by atoms with E-state index in [9.17, 15) is 0 Å². The maximum Gasteiger partial charge on any atom is 0.193 e. The van der Waals surface area contributed by atoms with Crippen LogP contribution < -0.4 is 11.1 Å². The van der Waals surface area contributed by atoms with Gasteiger partial charge in [-0.1, -0.05) is 19.9 Å². The van der Waals surface area contributed by atoms with Crippen LogP contribution >= 0.6 is 24.0 Å². The lowest BCUT2D eigenvalue weighted by Crippen LogP contribution is -2.39. The van der Waals surface area contributed by atoms with E-state index >= 15 is 0 Å². The van der Waals surface area contributed by atoms with Crippen molar-refractivity contribution < 1.29 is 0 Å². The van der Waals surface area contributed by atoms with Gasteiger partial charge in [0, 0.05) is 25.3 Å². The number of hydrogen-bond donors (Lipinski definition) is 2. The maximum absolute atomic E-state index is 6.05. The molecule has 1 fully saturated rings. The summed E-state index contributed by atoms with van der Waals surface area (Å²) in [5.41, 5.74) is 9.62. The Bertz CT molecular complexity index is 542. The summed E-state index contributed by atoms with van der Waals surface area (Å²) in [6.07, 6.45) is 2.53. The minimum atomic E-state index is 0. The molecule has 0 aromatic heterocycles. The van der Waals surface area contributed by atoms with Gasteiger partial charge in [0.05, 0.1) is 0 Å². The number of nitrogens with two attached hydrogens (primary N) is 1. The summed E-state index contributed by atoms with van der Waals surface area (Å²) in [5.74, 6) is 1.88. The molecule has 0 radical (unpaired) electrons. The summed E-state index contributed by atoms with van der Waals surface area (Å²) in [6.45, 7) is 13.2. The normalized spacial score (nSPS) is 19.2. The predicted octanol–water partition coefficient (Wildman–Crippen LogP) is 4.02. The maximum atomic E-state index is 6.05. The fraction of sp³-hybridized carbons (Fsp3) is 0.632. The quantitative estimate of drug-likeness (QED) is 0.410. The summed E-state index contributed by atoms with van der Waals surface area (Å²) in [7, 11) is 0. The highest BCUT2D eigenvalue weighted by Gasteiger charge is 2.20. The molecule has 1 aromatic rings. The van der Waals surface area contributed by atoms with Crippen molar-refractivity contribution in [2.24, 2.45) is 22.6 Å². The molecule has 0 bridgehead atoms. The van der Waals surface area contributed by atoms with Crippen molar-refractivity contribution in [1.82, 2.24) is 4.90 Å². The molecular weight excluding hydrogens is 411 g/mol. The lowest BCUT2D eigenvalue weighted by Gasteiger charge is -2.33. The number of halogens is 1. The number of hydrogen-bond acceptors (Lipinski definition) is 2. The minimum absolute atomic E-state index is 0. The average molecular weight is 444 g/mol. The van der Waals surface area contributed by atoms with Crippen LogP contribution in [0.1, 0.15) is 37.8 Å². The molecule has 0 aliphatic carbocycles. The fourth-order valence-corrected chi connectivity index (χ4v) is 3.22. The van der Waals surface area contributed by atoms with E-state index in [1.165, 1.54) is 37.1 Å². The largest absolute Gasteiger partial charge is 0.370 e. The first-order valence-corrected chi connectivity index (χ1v) is 8.80. The zero-order valence-electron chi connectivity index (χ0n) is 15.5. The van der Waals surface area contributed by atoms with Gasteiger partial charge in [-0.05, 0) is 68.3 Å². The zero-order chi connectivity index (χ0) is 16.8. The second-order valence-electron chi connectivity index (χ2n) is 7.31. The SMILES string of the molecule is Cc1ccc(NC(N)=NCC2CCCN(CC(C)C)C2)cc1C.I. The fourth-order valence-electron chi connectivity index (χ4n) is 3.22. The second kappa shape index (κ2) is 10.2. The molecule has 1 aliphatic rings. The zero-order valence-corrected chi connectivity index (χ0v) is 17.8. The summed E-state index contributed by atoms with van der Waals surface area (Å²) in [5, 5.41) is 3.21. The summed E-state index contributed by atoms with van der Waals surface area (Å²) in [4.78, 5) is 7.14. The van der Waals surface area contributed by atoms with Crippen LogP contribution in [0.2, 0.25) is 0 Å². The summed E-state index contributed by atoms with van der Waals surface area (Å²) >= 11 is 0. The number of piperidine rings is 1. The molecule has 5 heteroatoms.